The summed E-state index contributed by atoms with van der Waals surface area (Å²) in [7, 11) is 1.51. The van der Waals surface area contributed by atoms with Gasteiger partial charge in [0.05, 0.1) is 12.7 Å². The zero-order chi connectivity index (χ0) is 23.1. The zero-order valence-corrected chi connectivity index (χ0v) is 18.0. The Morgan fingerprint density at radius 3 is 2.45 bits per heavy atom. The van der Waals surface area contributed by atoms with Gasteiger partial charge < -0.3 is 14.4 Å². The molecule has 0 bridgehead atoms. The summed E-state index contributed by atoms with van der Waals surface area (Å²) < 4.78 is 10.7. The molecule has 1 fully saturated rings. The minimum Gasteiger partial charge on any atom is -0.507 e. The van der Waals surface area contributed by atoms with E-state index in [0.717, 1.165) is 10.8 Å². The van der Waals surface area contributed by atoms with Crippen molar-refractivity contribution in [3.8, 4) is 5.75 Å². The number of aliphatic hydroxyl groups is 1. The maximum atomic E-state index is 13.2. The number of aromatic nitrogens is 1. The van der Waals surface area contributed by atoms with Gasteiger partial charge in [-0.25, -0.2) is 0 Å². The Kier molecular flexibility index (Phi) is 4.94. The van der Waals surface area contributed by atoms with Crippen molar-refractivity contribution < 1.29 is 24.0 Å². The number of fused-ring (bicyclic) bond motifs is 1. The topological polar surface area (TPSA) is 92.9 Å². The van der Waals surface area contributed by atoms with Gasteiger partial charge >= 0.3 is 5.91 Å². The number of anilines is 1. The van der Waals surface area contributed by atoms with Crippen LogP contribution in [-0.4, -0.2) is 29.1 Å². The summed E-state index contributed by atoms with van der Waals surface area (Å²) in [6.45, 7) is 1.69. The Bertz CT molecular complexity index is 1440. The van der Waals surface area contributed by atoms with Gasteiger partial charge in [-0.2, -0.15) is 0 Å². The second kappa shape index (κ2) is 7.94. The van der Waals surface area contributed by atoms with E-state index in [1.165, 1.54) is 12.0 Å². The molecule has 1 saturated heterocycles. The first-order valence-corrected chi connectivity index (χ1v) is 10.4. The van der Waals surface area contributed by atoms with E-state index in [4.69, 9.17) is 9.26 Å². The number of Topliss-reactive ketones (excluding diaryl/α,β-unsaturated/α-hetero) is 1. The Morgan fingerprint density at radius 2 is 1.73 bits per heavy atom. The van der Waals surface area contributed by atoms with Crippen LogP contribution in [0.1, 0.15) is 22.9 Å². The lowest BCUT2D eigenvalue weighted by atomic mass is 9.94. The molecule has 1 amide bonds. The number of amides is 1. The van der Waals surface area contributed by atoms with Gasteiger partial charge in [-0.05, 0) is 29.8 Å². The molecule has 7 nitrogen and oxygen atoms in total. The minimum atomic E-state index is -0.947. The number of methoxy groups -OCH3 is 1. The van der Waals surface area contributed by atoms with Crippen molar-refractivity contribution in [2.45, 2.75) is 13.0 Å². The minimum absolute atomic E-state index is 0.0413. The highest BCUT2D eigenvalue weighted by atomic mass is 16.5. The molecule has 7 heteroatoms. The van der Waals surface area contributed by atoms with E-state index in [2.05, 4.69) is 5.16 Å². The SMILES string of the molecule is COc1ccccc1[C@@H]1C(=C(O)c2ccc3ccccc3c2)C(=O)C(=O)N1c1cc(C)on1. The van der Waals surface area contributed by atoms with Gasteiger partial charge in [-0.15, -0.1) is 0 Å². The van der Waals surface area contributed by atoms with Gasteiger partial charge in [0.1, 0.15) is 23.3 Å². The first kappa shape index (κ1) is 20.5. The van der Waals surface area contributed by atoms with E-state index >= 15 is 0 Å². The first-order valence-electron chi connectivity index (χ1n) is 10.4. The molecule has 1 atom stereocenters. The molecule has 2 heterocycles. The first-order chi connectivity index (χ1) is 16.0. The monoisotopic (exact) mass is 440 g/mol. The molecular weight excluding hydrogens is 420 g/mol. The van der Waals surface area contributed by atoms with Gasteiger partial charge in [0.2, 0.25) is 0 Å². The van der Waals surface area contributed by atoms with E-state index in [-0.39, 0.29) is 17.2 Å². The van der Waals surface area contributed by atoms with Crippen LogP contribution < -0.4 is 9.64 Å². The highest BCUT2D eigenvalue weighted by molar-refractivity contribution is 6.51. The van der Waals surface area contributed by atoms with Crippen LogP contribution in [-0.2, 0) is 9.59 Å². The van der Waals surface area contributed by atoms with Gasteiger partial charge in [0.25, 0.3) is 5.78 Å². The van der Waals surface area contributed by atoms with Crippen molar-refractivity contribution in [1.82, 2.24) is 5.16 Å². The van der Waals surface area contributed by atoms with Crippen molar-refractivity contribution in [3.05, 3.63) is 95.3 Å². The molecule has 0 spiro atoms. The maximum absolute atomic E-state index is 13.2. The lowest BCUT2D eigenvalue weighted by molar-refractivity contribution is -0.132. The third-order valence-electron chi connectivity index (χ3n) is 5.76. The average Bonchev–Trinajstić information content (AvgIpc) is 3.38. The summed E-state index contributed by atoms with van der Waals surface area (Å²) in [6.07, 6.45) is 0. The van der Waals surface area contributed by atoms with E-state index in [0.29, 0.717) is 22.6 Å². The number of ketones is 1. The van der Waals surface area contributed by atoms with Gasteiger partial charge in [0, 0.05) is 17.2 Å². The summed E-state index contributed by atoms with van der Waals surface area (Å²) in [5, 5.41) is 17.2. The van der Waals surface area contributed by atoms with Crippen molar-refractivity contribution >= 4 is 34.0 Å². The van der Waals surface area contributed by atoms with Crippen LogP contribution in [0.5, 0.6) is 5.75 Å². The van der Waals surface area contributed by atoms with E-state index < -0.39 is 17.7 Å². The van der Waals surface area contributed by atoms with Crippen LogP contribution in [0.25, 0.3) is 16.5 Å². The van der Waals surface area contributed by atoms with Crippen LogP contribution in [0.4, 0.5) is 5.82 Å². The molecule has 1 N–H and O–H groups in total. The number of nitrogens with zero attached hydrogens (tertiary/aromatic N) is 2. The van der Waals surface area contributed by atoms with Crippen LogP contribution in [0, 0.1) is 6.92 Å². The zero-order valence-electron chi connectivity index (χ0n) is 18.0. The molecule has 1 aliphatic rings. The molecule has 164 valence electrons. The number of ether oxygens (including phenoxy) is 1. The van der Waals surface area contributed by atoms with Crippen molar-refractivity contribution in [2.24, 2.45) is 0 Å². The quantitative estimate of drug-likeness (QED) is 0.279. The van der Waals surface area contributed by atoms with Crippen LogP contribution in [0.2, 0.25) is 0 Å². The molecule has 0 unspecified atom stereocenters. The number of carbonyl (C=O) groups is 2. The smallest absolute Gasteiger partial charge is 0.301 e. The highest BCUT2D eigenvalue weighted by Crippen LogP contribution is 2.44. The van der Waals surface area contributed by atoms with Gasteiger partial charge in [-0.1, -0.05) is 59.8 Å². The number of aliphatic hydroxyl groups excluding tert-OH is 1. The van der Waals surface area contributed by atoms with E-state index in [9.17, 15) is 14.7 Å². The molecule has 3 aromatic carbocycles. The molecule has 1 aliphatic heterocycles. The largest absolute Gasteiger partial charge is 0.507 e. The highest BCUT2D eigenvalue weighted by Gasteiger charge is 2.49. The standard InChI is InChI=1S/C26H20N2O5/c1-15-13-21(27-33-15)28-23(19-9-5-6-10-20(19)32-2)22(25(30)26(28)31)24(29)18-12-11-16-7-3-4-8-17(16)14-18/h3-14,23,29H,1-2H3/t23-/m1/s1. The molecule has 33 heavy (non-hydrogen) atoms. The van der Waals surface area contributed by atoms with Crippen LogP contribution >= 0.6 is 0 Å². The summed E-state index contributed by atoms with van der Waals surface area (Å²) in [4.78, 5) is 27.7. The molecule has 0 aliphatic carbocycles. The third-order valence-corrected chi connectivity index (χ3v) is 5.76. The lowest BCUT2D eigenvalue weighted by Gasteiger charge is -2.24. The summed E-state index contributed by atoms with van der Waals surface area (Å²) in [5.41, 5.74) is 0.936. The second-order valence-corrected chi connectivity index (χ2v) is 7.77. The fraction of sp³-hybridized carbons (Fsp3) is 0.115. The molecule has 5 rings (SSSR count). The van der Waals surface area contributed by atoms with Crippen LogP contribution in [0.3, 0.4) is 0 Å². The Labute approximate surface area is 189 Å². The lowest BCUT2D eigenvalue weighted by Crippen LogP contribution is -2.29. The normalized spacial score (nSPS) is 17.6. The summed E-state index contributed by atoms with van der Waals surface area (Å²) in [5.74, 6) is -0.737. The number of carbonyl (C=O) groups excluding carboxylic acids is 2. The molecular formula is C26H20N2O5. The fourth-order valence-corrected chi connectivity index (χ4v) is 4.21. The van der Waals surface area contributed by atoms with Crippen LogP contribution in [0.15, 0.2) is 82.9 Å². The summed E-state index contributed by atoms with van der Waals surface area (Å²) >= 11 is 0. The summed E-state index contributed by atoms with van der Waals surface area (Å²) in [6, 6.07) is 20.8. The van der Waals surface area contributed by atoms with Gasteiger partial charge in [-0.3, -0.25) is 14.5 Å². The number of hydrogen-bond donors (Lipinski definition) is 1. The average molecular weight is 440 g/mol. The maximum Gasteiger partial charge on any atom is 0.301 e. The predicted molar refractivity (Wildman–Crippen MR) is 123 cm³/mol. The van der Waals surface area contributed by atoms with Gasteiger partial charge in [0.15, 0.2) is 5.82 Å². The van der Waals surface area contributed by atoms with E-state index in [1.54, 1.807) is 49.4 Å². The molecule has 0 radical (unpaired) electrons. The molecule has 1 aromatic heterocycles. The van der Waals surface area contributed by atoms with Crippen molar-refractivity contribution in [1.29, 1.82) is 0 Å². The number of para-hydroxylation sites is 1. The number of aryl methyl sites for hydroxylation is 1. The Morgan fingerprint density at radius 1 is 1.00 bits per heavy atom. The number of hydrogen-bond acceptors (Lipinski definition) is 6. The Balaban J connectivity index is 1.76. The molecule has 4 aromatic rings. The second-order valence-electron chi connectivity index (χ2n) is 7.77. The number of rotatable bonds is 4. The van der Waals surface area contributed by atoms with E-state index in [1.807, 2.05) is 30.3 Å². The predicted octanol–water partition coefficient (Wildman–Crippen LogP) is 4.77. The fourth-order valence-electron chi connectivity index (χ4n) is 4.21. The van der Waals surface area contributed by atoms with Crippen molar-refractivity contribution in [3.63, 3.8) is 0 Å². The molecule has 0 saturated carbocycles. The number of benzene rings is 3. The van der Waals surface area contributed by atoms with Crippen molar-refractivity contribution in [2.75, 3.05) is 12.0 Å². The third kappa shape index (κ3) is 3.34. The Hall–Kier alpha value is -4.39.